The number of nitrogens with zero attached hydrogens (tertiary/aromatic N) is 2. The number of carbonyl (C=O) groups is 3. The first kappa shape index (κ1) is 18.0. The minimum absolute atomic E-state index is 0.0584. The largest absolute Gasteiger partial charge is 0.443 e. The molecule has 0 unspecified atom stereocenters. The van der Waals surface area contributed by atoms with Crippen LogP contribution in [0.4, 0.5) is 10.5 Å². The van der Waals surface area contributed by atoms with Gasteiger partial charge in [0.2, 0.25) is 5.91 Å². The van der Waals surface area contributed by atoms with E-state index in [-0.39, 0.29) is 30.2 Å². The molecular formula is C21H26N2O4. The van der Waals surface area contributed by atoms with Gasteiger partial charge in [-0.2, -0.15) is 0 Å². The zero-order valence-corrected chi connectivity index (χ0v) is 16.3. The fourth-order valence-corrected chi connectivity index (χ4v) is 5.20. The van der Waals surface area contributed by atoms with Gasteiger partial charge in [-0.25, -0.2) is 4.79 Å². The highest BCUT2D eigenvalue weighted by Crippen LogP contribution is 2.57. The fourth-order valence-electron chi connectivity index (χ4n) is 5.20. The fraction of sp³-hybridized carbons (Fsp3) is 0.571. The number of ether oxygens (including phenoxy) is 1. The first-order chi connectivity index (χ1) is 12.7. The van der Waals surface area contributed by atoms with E-state index >= 15 is 0 Å². The number of amides is 2. The second-order valence-electron chi connectivity index (χ2n) is 8.74. The third-order valence-electron chi connectivity index (χ3n) is 6.08. The lowest BCUT2D eigenvalue weighted by atomic mass is 9.64. The van der Waals surface area contributed by atoms with E-state index in [2.05, 4.69) is 0 Å². The summed E-state index contributed by atoms with van der Waals surface area (Å²) in [5.41, 5.74) is 0.583. The summed E-state index contributed by atoms with van der Waals surface area (Å²) in [6.45, 7) is 8.00. The Morgan fingerprint density at radius 3 is 2.52 bits per heavy atom. The number of ketones is 1. The van der Waals surface area contributed by atoms with Crippen molar-refractivity contribution in [1.29, 1.82) is 0 Å². The second kappa shape index (κ2) is 5.81. The predicted molar refractivity (Wildman–Crippen MR) is 101 cm³/mol. The average Bonchev–Trinajstić information content (AvgIpc) is 3.01. The lowest BCUT2D eigenvalue weighted by Crippen LogP contribution is -2.58. The van der Waals surface area contributed by atoms with Crippen LogP contribution in [0, 0.1) is 0 Å². The van der Waals surface area contributed by atoms with E-state index in [1.54, 1.807) is 4.90 Å². The number of benzene rings is 1. The minimum Gasteiger partial charge on any atom is -0.443 e. The third kappa shape index (κ3) is 2.49. The number of fused-ring (bicyclic) bond motifs is 1. The van der Waals surface area contributed by atoms with Crippen LogP contribution < -0.4 is 4.90 Å². The van der Waals surface area contributed by atoms with Gasteiger partial charge in [0, 0.05) is 31.2 Å². The van der Waals surface area contributed by atoms with Gasteiger partial charge in [-0.1, -0.05) is 18.2 Å². The zero-order chi connectivity index (χ0) is 19.6. The standard InChI is InChI=1S/C21H26N2O4/c1-5-22-16-10-13(24)11-17-21(16,12-18(22)25)14-8-6-7-9-15(14)23(17)19(26)27-20(2,3)4/h6-9,16-17H,5,10-12H2,1-4H3/t16-,17-,21+/m0/s1. The Bertz CT molecular complexity index is 828. The number of hydrogen-bond acceptors (Lipinski definition) is 4. The predicted octanol–water partition coefficient (Wildman–Crippen LogP) is 3.03. The van der Waals surface area contributed by atoms with Crippen LogP contribution in [-0.4, -0.2) is 46.9 Å². The SMILES string of the molecule is CCN1C(=O)C[C@]23c4ccccc4N(C(=O)OC(C)(C)C)[C@H]2CC(=O)C[C@H]13. The highest BCUT2D eigenvalue weighted by atomic mass is 16.6. The molecule has 6 nitrogen and oxygen atoms in total. The molecule has 4 rings (SSSR count). The molecule has 1 saturated carbocycles. The maximum absolute atomic E-state index is 13.1. The summed E-state index contributed by atoms with van der Waals surface area (Å²) in [4.78, 5) is 42.0. The van der Waals surface area contributed by atoms with Crippen LogP contribution in [0.2, 0.25) is 0 Å². The van der Waals surface area contributed by atoms with Gasteiger partial charge in [0.05, 0.1) is 17.8 Å². The van der Waals surface area contributed by atoms with Gasteiger partial charge in [-0.15, -0.1) is 0 Å². The molecule has 0 aromatic heterocycles. The molecule has 1 aliphatic carbocycles. The van der Waals surface area contributed by atoms with Crippen LogP contribution in [0.25, 0.3) is 0 Å². The molecule has 2 amide bonds. The van der Waals surface area contributed by atoms with Gasteiger partial charge < -0.3 is 9.64 Å². The Balaban J connectivity index is 1.87. The Labute approximate surface area is 159 Å². The van der Waals surface area contributed by atoms with Crippen molar-refractivity contribution in [3.05, 3.63) is 29.8 Å². The Morgan fingerprint density at radius 1 is 1.19 bits per heavy atom. The van der Waals surface area contributed by atoms with Crippen molar-refractivity contribution in [1.82, 2.24) is 4.90 Å². The van der Waals surface area contributed by atoms with Gasteiger partial charge in [0.25, 0.3) is 0 Å². The maximum Gasteiger partial charge on any atom is 0.415 e. The molecule has 3 aliphatic rings. The van der Waals surface area contributed by atoms with E-state index in [0.717, 1.165) is 11.3 Å². The van der Waals surface area contributed by atoms with Crippen LogP contribution >= 0.6 is 0 Å². The first-order valence-electron chi connectivity index (χ1n) is 9.62. The van der Waals surface area contributed by atoms with E-state index < -0.39 is 17.1 Å². The number of rotatable bonds is 1. The summed E-state index contributed by atoms with van der Waals surface area (Å²) < 4.78 is 5.67. The van der Waals surface area contributed by atoms with Crippen molar-refractivity contribution in [3.8, 4) is 0 Å². The van der Waals surface area contributed by atoms with Crippen LogP contribution in [0.1, 0.15) is 52.5 Å². The smallest absolute Gasteiger partial charge is 0.415 e. The summed E-state index contributed by atoms with van der Waals surface area (Å²) in [5, 5.41) is 0. The molecule has 1 aromatic rings. The van der Waals surface area contributed by atoms with E-state index in [4.69, 9.17) is 4.74 Å². The molecule has 1 saturated heterocycles. The van der Waals surface area contributed by atoms with Crippen LogP contribution in [0.15, 0.2) is 24.3 Å². The molecule has 0 radical (unpaired) electrons. The Morgan fingerprint density at radius 2 is 1.85 bits per heavy atom. The molecule has 1 spiro atoms. The number of hydrogen-bond donors (Lipinski definition) is 0. The van der Waals surface area contributed by atoms with Gasteiger partial charge >= 0.3 is 6.09 Å². The van der Waals surface area contributed by atoms with Crippen molar-refractivity contribution in [2.75, 3.05) is 11.4 Å². The molecular weight excluding hydrogens is 344 g/mol. The zero-order valence-electron chi connectivity index (χ0n) is 16.3. The second-order valence-corrected chi connectivity index (χ2v) is 8.74. The topological polar surface area (TPSA) is 66.9 Å². The molecule has 144 valence electrons. The van der Waals surface area contributed by atoms with E-state index in [9.17, 15) is 14.4 Å². The van der Waals surface area contributed by atoms with Crippen LogP contribution in [0.5, 0.6) is 0 Å². The molecule has 6 heteroatoms. The van der Waals surface area contributed by atoms with E-state index in [1.165, 1.54) is 0 Å². The molecule has 2 aliphatic heterocycles. The summed E-state index contributed by atoms with van der Waals surface area (Å²) >= 11 is 0. The van der Waals surface area contributed by atoms with Crippen molar-refractivity contribution < 1.29 is 19.1 Å². The summed E-state index contributed by atoms with van der Waals surface area (Å²) in [5.74, 6) is 0.151. The normalized spacial score (nSPS) is 29.5. The number of anilines is 1. The molecule has 3 atom stereocenters. The molecule has 27 heavy (non-hydrogen) atoms. The van der Waals surface area contributed by atoms with Gasteiger partial charge in [-0.05, 0) is 39.3 Å². The quantitative estimate of drug-likeness (QED) is 0.762. The number of carbonyl (C=O) groups excluding carboxylic acids is 3. The molecule has 2 fully saturated rings. The van der Waals surface area contributed by atoms with Crippen molar-refractivity contribution in [2.45, 2.75) is 70.1 Å². The molecule has 2 heterocycles. The highest BCUT2D eigenvalue weighted by Gasteiger charge is 2.66. The number of likely N-dealkylation sites (N-methyl/N-ethyl adjacent to an activating group) is 1. The van der Waals surface area contributed by atoms with Gasteiger partial charge in [0.1, 0.15) is 11.4 Å². The van der Waals surface area contributed by atoms with E-state index in [0.29, 0.717) is 19.4 Å². The lowest BCUT2D eigenvalue weighted by Gasteiger charge is -2.44. The third-order valence-corrected chi connectivity index (χ3v) is 6.08. The molecule has 0 N–H and O–H groups in total. The lowest BCUT2D eigenvalue weighted by molar-refractivity contribution is -0.129. The molecule has 0 bridgehead atoms. The first-order valence-corrected chi connectivity index (χ1v) is 9.62. The number of Topliss-reactive ketones (excluding diaryl/α,β-unsaturated/α-hetero) is 1. The monoisotopic (exact) mass is 370 g/mol. The van der Waals surface area contributed by atoms with Crippen molar-refractivity contribution in [3.63, 3.8) is 0 Å². The molecule has 1 aromatic carbocycles. The average molecular weight is 370 g/mol. The number of likely N-dealkylation sites (tertiary alicyclic amines) is 1. The highest BCUT2D eigenvalue weighted by molar-refractivity contribution is 5.99. The van der Waals surface area contributed by atoms with Gasteiger partial charge in [-0.3, -0.25) is 14.5 Å². The van der Waals surface area contributed by atoms with E-state index in [1.807, 2.05) is 56.9 Å². The minimum atomic E-state index is -0.638. The Hall–Kier alpha value is -2.37. The van der Waals surface area contributed by atoms with Crippen LogP contribution in [0.3, 0.4) is 0 Å². The van der Waals surface area contributed by atoms with Crippen LogP contribution in [-0.2, 0) is 19.7 Å². The van der Waals surface area contributed by atoms with Gasteiger partial charge in [0.15, 0.2) is 0 Å². The van der Waals surface area contributed by atoms with Crippen molar-refractivity contribution >= 4 is 23.5 Å². The summed E-state index contributed by atoms with van der Waals surface area (Å²) in [7, 11) is 0. The number of para-hydroxylation sites is 1. The van der Waals surface area contributed by atoms with Crippen molar-refractivity contribution in [2.24, 2.45) is 0 Å². The summed E-state index contributed by atoms with van der Waals surface area (Å²) in [6.07, 6.45) is 0.495. The maximum atomic E-state index is 13.1. The summed E-state index contributed by atoms with van der Waals surface area (Å²) in [6, 6.07) is 7.14. The Kier molecular flexibility index (Phi) is 3.88.